The number of benzene rings is 3. The molecule has 0 spiro atoms. The predicted octanol–water partition coefficient (Wildman–Crippen LogP) is 8.17. The van der Waals surface area contributed by atoms with Crippen LogP contribution in [0.3, 0.4) is 0 Å². The predicted molar refractivity (Wildman–Crippen MR) is 125 cm³/mol. The summed E-state index contributed by atoms with van der Waals surface area (Å²) in [6.07, 6.45) is 9.60. The molecule has 1 aliphatic rings. The van der Waals surface area contributed by atoms with Crippen molar-refractivity contribution in [1.29, 1.82) is 0 Å². The maximum absolute atomic E-state index is 13.6. The molecule has 0 bridgehead atoms. The lowest BCUT2D eigenvalue weighted by molar-refractivity contribution is 0.310. The summed E-state index contributed by atoms with van der Waals surface area (Å²) in [5.41, 5.74) is 5.26. The van der Waals surface area contributed by atoms with E-state index in [4.69, 9.17) is 11.6 Å². The van der Waals surface area contributed by atoms with Crippen LogP contribution in [0.1, 0.15) is 60.3 Å². The van der Waals surface area contributed by atoms with Crippen molar-refractivity contribution < 1.29 is 4.39 Å². The van der Waals surface area contributed by atoms with Gasteiger partial charge in [-0.05, 0) is 97.6 Å². The zero-order chi connectivity index (χ0) is 20.8. The maximum atomic E-state index is 13.6. The first kappa shape index (κ1) is 21.1. The largest absolute Gasteiger partial charge is 0.205 e. The summed E-state index contributed by atoms with van der Waals surface area (Å²) in [5.74, 6) is 1.25. The van der Waals surface area contributed by atoms with Crippen LogP contribution in [-0.4, -0.2) is 0 Å². The molecule has 0 unspecified atom stereocenters. The van der Waals surface area contributed by atoms with Crippen molar-refractivity contribution in [2.75, 3.05) is 0 Å². The van der Waals surface area contributed by atoms with Gasteiger partial charge in [-0.15, -0.1) is 0 Å². The molecule has 0 atom stereocenters. The number of hydrogen-bond acceptors (Lipinski definition) is 0. The molecule has 1 aliphatic carbocycles. The highest BCUT2D eigenvalue weighted by Gasteiger charge is 2.22. The van der Waals surface area contributed by atoms with Crippen LogP contribution in [0.2, 0.25) is 5.02 Å². The monoisotopic (exact) mass is 420 g/mol. The van der Waals surface area contributed by atoms with Gasteiger partial charge in [0.15, 0.2) is 0 Å². The molecule has 3 aromatic carbocycles. The average molecular weight is 421 g/mol. The minimum atomic E-state index is -0.330. The van der Waals surface area contributed by atoms with Crippen molar-refractivity contribution in [1.82, 2.24) is 0 Å². The zero-order valence-corrected chi connectivity index (χ0v) is 18.3. The van der Waals surface area contributed by atoms with Gasteiger partial charge in [0.2, 0.25) is 0 Å². The normalized spacial score (nSPS) is 19.0. The number of halogens is 2. The van der Waals surface area contributed by atoms with Crippen LogP contribution in [0.15, 0.2) is 72.8 Å². The van der Waals surface area contributed by atoms with Crippen LogP contribution >= 0.6 is 11.6 Å². The molecule has 30 heavy (non-hydrogen) atoms. The third-order valence-electron chi connectivity index (χ3n) is 6.67. The molecule has 0 amide bonds. The first-order valence-electron chi connectivity index (χ1n) is 11.2. The Bertz CT molecular complexity index is 925. The SMILES string of the molecule is Fc1cc(CCc2ccc(C3CCC(CCc4ccccc4)CC3)cc2)ccc1Cl. The van der Waals surface area contributed by atoms with Crippen LogP contribution in [0.4, 0.5) is 4.39 Å². The Kier molecular flexibility index (Phi) is 7.23. The highest BCUT2D eigenvalue weighted by atomic mass is 35.5. The van der Waals surface area contributed by atoms with Gasteiger partial charge in [0.05, 0.1) is 5.02 Å². The van der Waals surface area contributed by atoms with E-state index in [2.05, 4.69) is 54.6 Å². The lowest BCUT2D eigenvalue weighted by Gasteiger charge is -2.29. The molecule has 1 fully saturated rings. The maximum Gasteiger partial charge on any atom is 0.142 e. The molecule has 0 saturated heterocycles. The van der Waals surface area contributed by atoms with Gasteiger partial charge in [0, 0.05) is 0 Å². The van der Waals surface area contributed by atoms with E-state index in [1.54, 1.807) is 12.1 Å². The van der Waals surface area contributed by atoms with Crippen LogP contribution in [0.5, 0.6) is 0 Å². The Labute approximate surface area is 185 Å². The number of hydrogen-bond donors (Lipinski definition) is 0. The third-order valence-corrected chi connectivity index (χ3v) is 6.97. The van der Waals surface area contributed by atoms with Crippen molar-refractivity contribution in [3.05, 3.63) is 106 Å². The van der Waals surface area contributed by atoms with E-state index in [0.717, 1.165) is 24.3 Å². The Morgan fingerprint density at radius 1 is 0.700 bits per heavy atom. The molecule has 0 nitrogen and oxygen atoms in total. The molecule has 0 aliphatic heterocycles. The fourth-order valence-corrected chi connectivity index (χ4v) is 4.86. The second-order valence-electron chi connectivity index (χ2n) is 8.73. The van der Waals surface area contributed by atoms with E-state index in [1.807, 2.05) is 6.07 Å². The van der Waals surface area contributed by atoms with E-state index >= 15 is 0 Å². The van der Waals surface area contributed by atoms with Crippen molar-refractivity contribution in [3.63, 3.8) is 0 Å². The van der Waals surface area contributed by atoms with Gasteiger partial charge in [-0.2, -0.15) is 0 Å². The molecule has 3 aromatic rings. The zero-order valence-electron chi connectivity index (χ0n) is 17.5. The summed E-state index contributed by atoms with van der Waals surface area (Å²) in [7, 11) is 0. The van der Waals surface area contributed by atoms with E-state index < -0.39 is 0 Å². The van der Waals surface area contributed by atoms with Crippen LogP contribution in [-0.2, 0) is 19.3 Å². The lowest BCUT2D eigenvalue weighted by atomic mass is 9.77. The summed E-state index contributed by atoms with van der Waals surface area (Å²) in [6, 6.07) is 25.1. The van der Waals surface area contributed by atoms with Crippen LogP contribution in [0.25, 0.3) is 0 Å². The first-order valence-corrected chi connectivity index (χ1v) is 11.6. The Morgan fingerprint density at radius 3 is 2.03 bits per heavy atom. The smallest absolute Gasteiger partial charge is 0.142 e. The molecular weight excluding hydrogens is 391 g/mol. The van der Waals surface area contributed by atoms with Crippen molar-refractivity contribution in [2.45, 2.75) is 57.3 Å². The van der Waals surface area contributed by atoms with Gasteiger partial charge in [0.1, 0.15) is 5.82 Å². The summed E-state index contributed by atoms with van der Waals surface area (Å²) >= 11 is 5.77. The van der Waals surface area contributed by atoms with Crippen molar-refractivity contribution in [3.8, 4) is 0 Å². The lowest BCUT2D eigenvalue weighted by Crippen LogP contribution is -2.14. The minimum absolute atomic E-state index is 0.192. The van der Waals surface area contributed by atoms with Gasteiger partial charge in [-0.1, -0.05) is 72.3 Å². The quantitative estimate of drug-likeness (QED) is 0.361. The molecule has 0 heterocycles. The second kappa shape index (κ2) is 10.3. The first-order chi connectivity index (χ1) is 14.7. The van der Waals surface area contributed by atoms with Gasteiger partial charge in [-0.3, -0.25) is 0 Å². The Morgan fingerprint density at radius 2 is 1.33 bits per heavy atom. The highest BCUT2D eigenvalue weighted by molar-refractivity contribution is 6.30. The standard InChI is InChI=1S/C28H30ClF/c29-27-19-14-24(20-28(27)30)9-8-23-12-17-26(18-13-23)25-15-10-22(11-16-25)7-6-21-4-2-1-3-5-21/h1-5,12-14,17-20,22,25H,6-11,15-16H2. The third kappa shape index (κ3) is 5.73. The summed E-state index contributed by atoms with van der Waals surface area (Å²) < 4.78 is 13.6. The molecule has 1 saturated carbocycles. The summed E-state index contributed by atoms with van der Waals surface area (Å²) in [4.78, 5) is 0. The fourth-order valence-electron chi connectivity index (χ4n) is 4.74. The fraction of sp³-hybridized carbons (Fsp3) is 0.357. The van der Waals surface area contributed by atoms with E-state index in [0.29, 0.717) is 5.92 Å². The molecule has 0 radical (unpaired) electrons. The highest BCUT2D eigenvalue weighted by Crippen LogP contribution is 2.37. The van der Waals surface area contributed by atoms with Crippen LogP contribution in [0, 0.1) is 11.7 Å². The van der Waals surface area contributed by atoms with E-state index in [9.17, 15) is 4.39 Å². The topological polar surface area (TPSA) is 0 Å². The molecular formula is C28H30ClF. The molecule has 2 heteroatoms. The van der Waals surface area contributed by atoms with Crippen molar-refractivity contribution >= 4 is 11.6 Å². The summed E-state index contributed by atoms with van der Waals surface area (Å²) in [5, 5.41) is 0.192. The molecule has 156 valence electrons. The van der Waals surface area contributed by atoms with Gasteiger partial charge in [-0.25, -0.2) is 4.39 Å². The second-order valence-corrected chi connectivity index (χ2v) is 9.14. The van der Waals surface area contributed by atoms with Crippen molar-refractivity contribution in [2.24, 2.45) is 5.92 Å². The molecule has 4 rings (SSSR count). The summed E-state index contributed by atoms with van der Waals surface area (Å²) in [6.45, 7) is 0. The Hall–Kier alpha value is -2.12. The van der Waals surface area contributed by atoms with Gasteiger partial charge in [0.25, 0.3) is 0 Å². The number of rotatable bonds is 7. The van der Waals surface area contributed by atoms with Gasteiger partial charge < -0.3 is 0 Å². The number of aryl methyl sites for hydroxylation is 3. The van der Waals surface area contributed by atoms with E-state index in [1.165, 1.54) is 55.2 Å². The molecule has 0 aromatic heterocycles. The van der Waals surface area contributed by atoms with Gasteiger partial charge >= 0.3 is 0 Å². The molecule has 0 N–H and O–H groups in total. The average Bonchev–Trinajstić information content (AvgIpc) is 2.80. The van der Waals surface area contributed by atoms with Crippen LogP contribution < -0.4 is 0 Å². The van der Waals surface area contributed by atoms with E-state index in [-0.39, 0.29) is 10.8 Å². The minimum Gasteiger partial charge on any atom is -0.205 e. The Balaban J connectivity index is 1.24.